The average molecular weight is 240 g/mol. The summed E-state index contributed by atoms with van der Waals surface area (Å²) in [7, 11) is 0. The molecule has 2 aromatic rings. The number of pyridine rings is 1. The van der Waals surface area contributed by atoms with Crippen molar-refractivity contribution in [2.75, 3.05) is 0 Å². The highest BCUT2D eigenvalue weighted by Gasteiger charge is 2.06. The molecular weight excluding hydrogens is 233 g/mol. The van der Waals surface area contributed by atoms with Crippen molar-refractivity contribution < 1.29 is 0 Å². The normalized spacial score (nSPS) is 10.3. The summed E-state index contributed by atoms with van der Waals surface area (Å²) in [5.74, 6) is 0. The molecule has 0 saturated carbocycles. The zero-order valence-corrected chi connectivity index (χ0v) is 9.14. The molecule has 0 unspecified atom stereocenters. The summed E-state index contributed by atoms with van der Waals surface area (Å²) in [4.78, 5) is 13.7. The van der Waals surface area contributed by atoms with Crippen LogP contribution in [0, 0.1) is 0 Å². The van der Waals surface area contributed by atoms with Crippen LogP contribution in [0.25, 0.3) is 11.1 Å². The molecule has 76 valence electrons. The van der Waals surface area contributed by atoms with Gasteiger partial charge in [-0.25, -0.2) is 0 Å². The average Bonchev–Trinajstić information content (AvgIpc) is 2.22. The molecule has 1 aromatic carbocycles. The van der Waals surface area contributed by atoms with Crippen molar-refractivity contribution in [2.24, 2.45) is 0 Å². The van der Waals surface area contributed by atoms with Crippen molar-refractivity contribution in [1.29, 1.82) is 0 Å². The third-order valence-corrected chi connectivity index (χ3v) is 2.86. The Morgan fingerprint density at radius 2 is 1.93 bits per heavy atom. The number of rotatable bonds is 1. The number of hydrogen-bond acceptors (Lipinski definition) is 1. The fourth-order valence-corrected chi connectivity index (χ4v) is 1.75. The maximum absolute atomic E-state index is 11.1. The SMILES string of the molecule is O=c1cc(-c2cccc(Cl)c2Cl)cc[nH]1. The van der Waals surface area contributed by atoms with Crippen LogP contribution in [-0.4, -0.2) is 4.98 Å². The minimum absolute atomic E-state index is 0.163. The van der Waals surface area contributed by atoms with E-state index < -0.39 is 0 Å². The van der Waals surface area contributed by atoms with Gasteiger partial charge in [0.2, 0.25) is 5.56 Å². The first-order valence-corrected chi connectivity index (χ1v) is 5.07. The number of nitrogens with one attached hydrogen (secondary N) is 1. The van der Waals surface area contributed by atoms with Gasteiger partial charge in [0.25, 0.3) is 0 Å². The number of hydrogen-bond donors (Lipinski definition) is 1. The first-order valence-electron chi connectivity index (χ1n) is 4.31. The van der Waals surface area contributed by atoms with Crippen LogP contribution < -0.4 is 5.56 Å². The molecule has 1 aromatic heterocycles. The van der Waals surface area contributed by atoms with Gasteiger partial charge >= 0.3 is 0 Å². The molecule has 2 nitrogen and oxygen atoms in total. The van der Waals surface area contributed by atoms with Crippen LogP contribution in [0.1, 0.15) is 0 Å². The molecule has 2 rings (SSSR count). The number of halogens is 2. The van der Waals surface area contributed by atoms with E-state index in [9.17, 15) is 4.79 Å². The maximum Gasteiger partial charge on any atom is 0.248 e. The fourth-order valence-electron chi connectivity index (χ4n) is 1.34. The topological polar surface area (TPSA) is 32.9 Å². The van der Waals surface area contributed by atoms with Gasteiger partial charge in [0.1, 0.15) is 0 Å². The Balaban J connectivity index is 2.64. The predicted molar refractivity (Wildman–Crippen MR) is 62.5 cm³/mol. The highest BCUT2D eigenvalue weighted by Crippen LogP contribution is 2.32. The standard InChI is InChI=1S/C11H7Cl2NO/c12-9-3-1-2-8(11(9)13)7-4-5-14-10(15)6-7/h1-6H,(H,14,15). The number of benzene rings is 1. The third kappa shape index (κ3) is 2.06. The molecule has 0 aliphatic heterocycles. The summed E-state index contributed by atoms with van der Waals surface area (Å²) in [6.07, 6.45) is 1.58. The van der Waals surface area contributed by atoms with Crippen LogP contribution in [0.2, 0.25) is 10.0 Å². The first kappa shape index (κ1) is 10.3. The smallest absolute Gasteiger partial charge is 0.248 e. The van der Waals surface area contributed by atoms with Gasteiger partial charge in [0.15, 0.2) is 0 Å². The summed E-state index contributed by atoms with van der Waals surface area (Å²) in [6, 6.07) is 8.59. The number of H-pyrrole nitrogens is 1. The summed E-state index contributed by atoms with van der Waals surface area (Å²) in [5, 5.41) is 0.944. The Hall–Kier alpha value is -1.25. The van der Waals surface area contributed by atoms with E-state index in [-0.39, 0.29) is 5.56 Å². The van der Waals surface area contributed by atoms with Crippen molar-refractivity contribution in [3.8, 4) is 11.1 Å². The van der Waals surface area contributed by atoms with E-state index in [1.807, 2.05) is 6.07 Å². The monoisotopic (exact) mass is 239 g/mol. The van der Waals surface area contributed by atoms with Crippen LogP contribution in [0.5, 0.6) is 0 Å². The first-order chi connectivity index (χ1) is 7.18. The van der Waals surface area contributed by atoms with E-state index in [0.29, 0.717) is 10.0 Å². The molecular formula is C11H7Cl2NO. The van der Waals surface area contributed by atoms with Gasteiger partial charge in [-0.3, -0.25) is 4.79 Å². The summed E-state index contributed by atoms with van der Waals surface area (Å²) in [6.45, 7) is 0. The molecule has 15 heavy (non-hydrogen) atoms. The molecule has 1 heterocycles. The zero-order chi connectivity index (χ0) is 10.8. The van der Waals surface area contributed by atoms with Gasteiger partial charge in [-0.1, -0.05) is 35.3 Å². The Morgan fingerprint density at radius 3 is 2.67 bits per heavy atom. The zero-order valence-electron chi connectivity index (χ0n) is 7.63. The lowest BCUT2D eigenvalue weighted by Gasteiger charge is -2.04. The van der Waals surface area contributed by atoms with Gasteiger partial charge in [0, 0.05) is 17.8 Å². The van der Waals surface area contributed by atoms with Crippen molar-refractivity contribution in [3.05, 3.63) is 56.9 Å². The van der Waals surface area contributed by atoms with Crippen molar-refractivity contribution in [2.45, 2.75) is 0 Å². The summed E-state index contributed by atoms with van der Waals surface area (Å²) < 4.78 is 0. The van der Waals surface area contributed by atoms with Gasteiger partial charge in [0.05, 0.1) is 10.0 Å². The van der Waals surface area contributed by atoms with Crippen LogP contribution in [0.15, 0.2) is 41.3 Å². The van der Waals surface area contributed by atoms with Gasteiger partial charge in [-0.15, -0.1) is 0 Å². The highest BCUT2D eigenvalue weighted by molar-refractivity contribution is 6.43. The fraction of sp³-hybridized carbons (Fsp3) is 0. The second-order valence-corrected chi connectivity index (χ2v) is 3.83. The second kappa shape index (κ2) is 4.09. The quantitative estimate of drug-likeness (QED) is 0.814. The summed E-state index contributed by atoms with van der Waals surface area (Å²) >= 11 is 11.9. The lowest BCUT2D eigenvalue weighted by molar-refractivity contribution is 1.24. The van der Waals surface area contributed by atoms with E-state index in [4.69, 9.17) is 23.2 Å². The predicted octanol–water partition coefficient (Wildman–Crippen LogP) is 3.35. The Labute approximate surface area is 96.5 Å². The Kier molecular flexibility index (Phi) is 2.80. The van der Waals surface area contributed by atoms with Gasteiger partial charge in [-0.05, 0) is 17.7 Å². The van der Waals surface area contributed by atoms with Crippen LogP contribution in [-0.2, 0) is 0 Å². The molecule has 0 fully saturated rings. The molecule has 0 amide bonds. The van der Waals surface area contributed by atoms with Crippen LogP contribution in [0.4, 0.5) is 0 Å². The van der Waals surface area contributed by atoms with Gasteiger partial charge in [-0.2, -0.15) is 0 Å². The molecule has 0 atom stereocenters. The highest BCUT2D eigenvalue weighted by atomic mass is 35.5. The Morgan fingerprint density at radius 1 is 1.13 bits per heavy atom. The van der Waals surface area contributed by atoms with E-state index >= 15 is 0 Å². The van der Waals surface area contributed by atoms with Gasteiger partial charge < -0.3 is 4.98 Å². The summed E-state index contributed by atoms with van der Waals surface area (Å²) in [5.41, 5.74) is 1.35. The third-order valence-electron chi connectivity index (χ3n) is 2.04. The minimum Gasteiger partial charge on any atom is -0.329 e. The molecule has 0 aliphatic carbocycles. The number of aromatic amines is 1. The Bertz CT molecular complexity index is 548. The lowest BCUT2D eigenvalue weighted by Crippen LogP contribution is -2.02. The van der Waals surface area contributed by atoms with E-state index in [2.05, 4.69) is 4.98 Å². The van der Waals surface area contributed by atoms with Crippen LogP contribution in [0.3, 0.4) is 0 Å². The second-order valence-electron chi connectivity index (χ2n) is 3.04. The molecule has 0 saturated heterocycles. The minimum atomic E-state index is -0.163. The van der Waals surface area contributed by atoms with E-state index in [1.165, 1.54) is 6.07 Å². The largest absolute Gasteiger partial charge is 0.329 e. The molecule has 0 bridgehead atoms. The van der Waals surface area contributed by atoms with Crippen molar-refractivity contribution >= 4 is 23.2 Å². The molecule has 0 radical (unpaired) electrons. The molecule has 1 N–H and O–H groups in total. The lowest BCUT2D eigenvalue weighted by atomic mass is 10.1. The van der Waals surface area contributed by atoms with E-state index in [1.54, 1.807) is 24.4 Å². The molecule has 0 aliphatic rings. The van der Waals surface area contributed by atoms with Crippen molar-refractivity contribution in [3.63, 3.8) is 0 Å². The van der Waals surface area contributed by atoms with Crippen molar-refractivity contribution in [1.82, 2.24) is 4.98 Å². The van der Waals surface area contributed by atoms with Crippen LogP contribution >= 0.6 is 23.2 Å². The molecule has 0 spiro atoms. The maximum atomic E-state index is 11.1. The van der Waals surface area contributed by atoms with E-state index in [0.717, 1.165) is 11.1 Å². The number of aromatic nitrogens is 1. The molecule has 4 heteroatoms.